The van der Waals surface area contributed by atoms with Crippen molar-refractivity contribution in [3.05, 3.63) is 45.9 Å². The SMILES string of the molecule is CC(C)(C)c1csc(NC(=O)c2cccc(Cl)c2)n1. The van der Waals surface area contributed by atoms with Gasteiger partial charge in [-0.1, -0.05) is 38.4 Å². The molecular weight excluding hydrogens is 280 g/mol. The van der Waals surface area contributed by atoms with E-state index in [1.807, 2.05) is 5.38 Å². The van der Waals surface area contributed by atoms with E-state index in [1.54, 1.807) is 24.3 Å². The van der Waals surface area contributed by atoms with Crippen LogP contribution in [0.3, 0.4) is 0 Å². The highest BCUT2D eigenvalue weighted by Crippen LogP contribution is 2.26. The summed E-state index contributed by atoms with van der Waals surface area (Å²) >= 11 is 7.29. The number of nitrogens with zero attached hydrogens (tertiary/aromatic N) is 1. The van der Waals surface area contributed by atoms with Crippen LogP contribution in [0.2, 0.25) is 5.02 Å². The number of carbonyl (C=O) groups excluding carboxylic acids is 1. The van der Waals surface area contributed by atoms with Gasteiger partial charge in [0, 0.05) is 21.4 Å². The Kier molecular flexibility index (Phi) is 3.92. The van der Waals surface area contributed by atoms with Crippen molar-refractivity contribution in [2.24, 2.45) is 0 Å². The molecule has 1 heterocycles. The van der Waals surface area contributed by atoms with Gasteiger partial charge in [-0.05, 0) is 18.2 Å². The number of hydrogen-bond acceptors (Lipinski definition) is 3. The molecule has 0 aliphatic rings. The molecule has 0 saturated carbocycles. The highest BCUT2D eigenvalue weighted by Gasteiger charge is 2.18. The number of benzene rings is 1. The number of thiazole rings is 1. The van der Waals surface area contributed by atoms with Crippen molar-refractivity contribution >= 4 is 34.0 Å². The fourth-order valence-electron chi connectivity index (χ4n) is 1.47. The summed E-state index contributed by atoms with van der Waals surface area (Å²) in [5.41, 5.74) is 1.48. The molecule has 0 unspecified atom stereocenters. The zero-order valence-electron chi connectivity index (χ0n) is 11.0. The largest absolute Gasteiger partial charge is 0.298 e. The maximum Gasteiger partial charge on any atom is 0.257 e. The third kappa shape index (κ3) is 3.55. The van der Waals surface area contributed by atoms with Crippen LogP contribution in [0, 0.1) is 0 Å². The molecule has 5 heteroatoms. The molecule has 2 rings (SSSR count). The molecule has 0 aliphatic carbocycles. The number of halogens is 1. The van der Waals surface area contributed by atoms with Crippen molar-refractivity contribution in [3.63, 3.8) is 0 Å². The van der Waals surface area contributed by atoms with Gasteiger partial charge in [0.1, 0.15) is 0 Å². The fraction of sp³-hybridized carbons (Fsp3) is 0.286. The third-order valence-corrected chi connectivity index (χ3v) is 3.57. The number of carbonyl (C=O) groups is 1. The summed E-state index contributed by atoms with van der Waals surface area (Å²) in [6.07, 6.45) is 0. The van der Waals surface area contributed by atoms with Crippen molar-refractivity contribution < 1.29 is 4.79 Å². The fourth-order valence-corrected chi connectivity index (χ4v) is 2.60. The summed E-state index contributed by atoms with van der Waals surface area (Å²) in [4.78, 5) is 16.4. The first-order valence-electron chi connectivity index (χ1n) is 5.89. The Morgan fingerprint density at radius 3 is 2.68 bits per heavy atom. The second-order valence-electron chi connectivity index (χ2n) is 5.25. The van der Waals surface area contributed by atoms with E-state index in [4.69, 9.17) is 11.6 Å². The molecule has 0 atom stereocenters. The van der Waals surface area contributed by atoms with Gasteiger partial charge in [-0.2, -0.15) is 0 Å². The molecule has 0 bridgehead atoms. The van der Waals surface area contributed by atoms with E-state index in [-0.39, 0.29) is 11.3 Å². The first-order chi connectivity index (χ1) is 8.86. The Morgan fingerprint density at radius 1 is 1.37 bits per heavy atom. The molecule has 0 fully saturated rings. The number of rotatable bonds is 2. The molecule has 2 aromatic rings. The van der Waals surface area contributed by atoms with Gasteiger partial charge in [-0.25, -0.2) is 4.98 Å². The number of aromatic nitrogens is 1. The molecule has 0 aliphatic heterocycles. The number of amides is 1. The highest BCUT2D eigenvalue weighted by atomic mass is 35.5. The van der Waals surface area contributed by atoms with Gasteiger partial charge in [0.25, 0.3) is 5.91 Å². The summed E-state index contributed by atoms with van der Waals surface area (Å²) in [5.74, 6) is -0.197. The van der Waals surface area contributed by atoms with Crippen molar-refractivity contribution in [1.29, 1.82) is 0 Å². The first kappa shape index (κ1) is 14.0. The third-order valence-electron chi connectivity index (χ3n) is 2.58. The summed E-state index contributed by atoms with van der Waals surface area (Å²) in [5, 5.41) is 5.90. The predicted molar refractivity (Wildman–Crippen MR) is 80.2 cm³/mol. The number of nitrogens with one attached hydrogen (secondary N) is 1. The van der Waals surface area contributed by atoms with Crippen LogP contribution in [0.25, 0.3) is 0 Å². The van der Waals surface area contributed by atoms with Crippen LogP contribution in [-0.4, -0.2) is 10.9 Å². The average Bonchev–Trinajstić information content (AvgIpc) is 2.77. The second kappa shape index (κ2) is 5.31. The minimum Gasteiger partial charge on any atom is -0.298 e. The summed E-state index contributed by atoms with van der Waals surface area (Å²) < 4.78 is 0. The summed E-state index contributed by atoms with van der Waals surface area (Å²) in [6, 6.07) is 6.84. The lowest BCUT2D eigenvalue weighted by molar-refractivity contribution is 0.102. The van der Waals surface area contributed by atoms with Crippen LogP contribution in [0.5, 0.6) is 0 Å². The van der Waals surface area contributed by atoms with Gasteiger partial charge < -0.3 is 0 Å². The first-order valence-corrected chi connectivity index (χ1v) is 7.15. The van der Waals surface area contributed by atoms with Gasteiger partial charge in [-0.3, -0.25) is 10.1 Å². The van der Waals surface area contributed by atoms with Crippen LogP contribution in [0.15, 0.2) is 29.6 Å². The van der Waals surface area contributed by atoms with Gasteiger partial charge in [-0.15, -0.1) is 11.3 Å². The van der Waals surface area contributed by atoms with Crippen LogP contribution in [0.1, 0.15) is 36.8 Å². The molecule has 0 spiro atoms. The zero-order valence-corrected chi connectivity index (χ0v) is 12.6. The quantitative estimate of drug-likeness (QED) is 0.895. The van der Waals surface area contributed by atoms with Crippen LogP contribution in [-0.2, 0) is 5.41 Å². The Labute approximate surface area is 121 Å². The van der Waals surface area contributed by atoms with Gasteiger partial charge in [0.05, 0.1) is 5.69 Å². The molecule has 1 N–H and O–H groups in total. The molecule has 100 valence electrons. The predicted octanol–water partition coefficient (Wildman–Crippen LogP) is 4.35. The van der Waals surface area contributed by atoms with E-state index in [1.165, 1.54) is 11.3 Å². The minimum absolute atomic E-state index is 0.0183. The molecule has 1 aromatic carbocycles. The van der Waals surface area contributed by atoms with Crippen LogP contribution >= 0.6 is 22.9 Å². The monoisotopic (exact) mass is 294 g/mol. The second-order valence-corrected chi connectivity index (χ2v) is 6.55. The lowest BCUT2D eigenvalue weighted by atomic mass is 9.93. The molecule has 0 saturated heterocycles. The lowest BCUT2D eigenvalue weighted by Gasteiger charge is -2.14. The van der Waals surface area contributed by atoms with E-state index < -0.39 is 0 Å². The highest BCUT2D eigenvalue weighted by molar-refractivity contribution is 7.14. The maximum atomic E-state index is 12.0. The van der Waals surface area contributed by atoms with E-state index in [9.17, 15) is 4.79 Å². The Balaban J connectivity index is 2.13. The molecular formula is C14H15ClN2OS. The van der Waals surface area contributed by atoms with E-state index >= 15 is 0 Å². The van der Waals surface area contributed by atoms with Crippen LogP contribution < -0.4 is 5.32 Å². The van der Waals surface area contributed by atoms with E-state index in [2.05, 4.69) is 31.1 Å². The topological polar surface area (TPSA) is 42.0 Å². The molecule has 1 aromatic heterocycles. The van der Waals surface area contributed by atoms with Crippen molar-refractivity contribution in [2.75, 3.05) is 5.32 Å². The summed E-state index contributed by atoms with van der Waals surface area (Å²) in [6.45, 7) is 6.26. The molecule has 19 heavy (non-hydrogen) atoms. The molecule has 3 nitrogen and oxygen atoms in total. The Morgan fingerprint density at radius 2 is 2.11 bits per heavy atom. The Hall–Kier alpha value is -1.39. The van der Waals surface area contributed by atoms with E-state index in [0.29, 0.717) is 15.7 Å². The molecule has 1 amide bonds. The number of anilines is 1. The minimum atomic E-state index is -0.197. The normalized spacial score (nSPS) is 11.4. The maximum absolute atomic E-state index is 12.0. The van der Waals surface area contributed by atoms with Crippen molar-refractivity contribution in [3.8, 4) is 0 Å². The van der Waals surface area contributed by atoms with Gasteiger partial charge in [0.15, 0.2) is 5.13 Å². The van der Waals surface area contributed by atoms with E-state index in [0.717, 1.165) is 5.69 Å². The number of hydrogen-bond donors (Lipinski definition) is 1. The molecule has 0 radical (unpaired) electrons. The van der Waals surface area contributed by atoms with Gasteiger partial charge >= 0.3 is 0 Å². The zero-order chi connectivity index (χ0) is 14.0. The van der Waals surface area contributed by atoms with Crippen LogP contribution in [0.4, 0.5) is 5.13 Å². The standard InChI is InChI=1S/C14H15ClN2OS/c1-14(2,3)11-8-19-13(16-11)17-12(18)9-5-4-6-10(15)7-9/h4-8H,1-3H3,(H,16,17,18). The lowest BCUT2D eigenvalue weighted by Crippen LogP contribution is -2.14. The van der Waals surface area contributed by atoms with Crippen molar-refractivity contribution in [2.45, 2.75) is 26.2 Å². The summed E-state index contributed by atoms with van der Waals surface area (Å²) in [7, 11) is 0. The van der Waals surface area contributed by atoms with Gasteiger partial charge in [0.2, 0.25) is 0 Å². The Bertz CT molecular complexity index is 601. The average molecular weight is 295 g/mol. The van der Waals surface area contributed by atoms with Crippen molar-refractivity contribution in [1.82, 2.24) is 4.98 Å². The smallest absolute Gasteiger partial charge is 0.257 e.